The van der Waals surface area contributed by atoms with Gasteiger partial charge in [0.1, 0.15) is 0 Å². The molecule has 2 heterocycles. The average molecular weight is 212 g/mol. The molecule has 2 N–H and O–H groups in total. The van der Waals surface area contributed by atoms with E-state index in [-0.39, 0.29) is 6.01 Å². The van der Waals surface area contributed by atoms with E-state index >= 15 is 0 Å². The monoisotopic (exact) mass is 212 g/mol. The summed E-state index contributed by atoms with van der Waals surface area (Å²) >= 11 is 0. The van der Waals surface area contributed by atoms with Crippen LogP contribution >= 0.6 is 0 Å². The van der Waals surface area contributed by atoms with E-state index in [4.69, 9.17) is 10.2 Å². The van der Waals surface area contributed by atoms with Crippen LogP contribution in [0.15, 0.2) is 40.9 Å². The summed E-state index contributed by atoms with van der Waals surface area (Å²) in [6.45, 7) is 0. The zero-order valence-electron chi connectivity index (χ0n) is 8.29. The number of nitrogen functional groups attached to an aromatic ring is 1. The molecule has 0 saturated carbocycles. The summed E-state index contributed by atoms with van der Waals surface area (Å²) in [7, 11) is 0. The molecule has 5 nitrogen and oxygen atoms in total. The smallest absolute Gasteiger partial charge is 0.313 e. The van der Waals surface area contributed by atoms with Crippen molar-refractivity contribution in [3.05, 3.63) is 36.5 Å². The van der Waals surface area contributed by atoms with Crippen LogP contribution in [0.25, 0.3) is 22.4 Å². The van der Waals surface area contributed by atoms with E-state index in [9.17, 15) is 0 Å². The molecule has 0 amide bonds. The molecule has 0 spiro atoms. The van der Waals surface area contributed by atoms with E-state index in [0.29, 0.717) is 5.89 Å². The highest BCUT2D eigenvalue weighted by Gasteiger charge is 2.06. The van der Waals surface area contributed by atoms with Crippen molar-refractivity contribution < 1.29 is 4.42 Å². The van der Waals surface area contributed by atoms with Gasteiger partial charge in [0.2, 0.25) is 5.89 Å². The fraction of sp³-hybridized carbons (Fsp3) is 0. The molecule has 0 atom stereocenters. The van der Waals surface area contributed by atoms with Crippen molar-refractivity contribution in [1.29, 1.82) is 0 Å². The van der Waals surface area contributed by atoms with Gasteiger partial charge in [0, 0.05) is 17.1 Å². The molecule has 3 aromatic rings. The Balaban J connectivity index is 2.18. The summed E-state index contributed by atoms with van der Waals surface area (Å²) in [4.78, 5) is 4.23. The maximum absolute atomic E-state index is 5.38. The van der Waals surface area contributed by atoms with Crippen LogP contribution in [-0.2, 0) is 0 Å². The maximum atomic E-state index is 5.38. The Bertz CT molecular complexity index is 647. The maximum Gasteiger partial charge on any atom is 0.313 e. The first-order valence-corrected chi connectivity index (χ1v) is 4.77. The summed E-state index contributed by atoms with van der Waals surface area (Å²) < 4.78 is 5.15. The van der Waals surface area contributed by atoms with Gasteiger partial charge in [-0.05, 0) is 24.3 Å². The molecule has 0 saturated heterocycles. The molecule has 0 aliphatic heterocycles. The Morgan fingerprint density at radius 1 is 1.12 bits per heavy atom. The third-order valence-corrected chi connectivity index (χ3v) is 2.29. The second-order valence-corrected chi connectivity index (χ2v) is 3.36. The Kier molecular flexibility index (Phi) is 1.83. The van der Waals surface area contributed by atoms with Gasteiger partial charge in [-0.25, -0.2) is 0 Å². The van der Waals surface area contributed by atoms with Crippen molar-refractivity contribution in [2.24, 2.45) is 0 Å². The first-order valence-electron chi connectivity index (χ1n) is 4.77. The lowest BCUT2D eigenvalue weighted by molar-refractivity contribution is 0.590. The summed E-state index contributed by atoms with van der Waals surface area (Å²) in [6.07, 6.45) is 1.76. The van der Waals surface area contributed by atoms with Gasteiger partial charge in [0.25, 0.3) is 0 Å². The predicted molar refractivity (Wildman–Crippen MR) is 59.4 cm³/mol. The summed E-state index contributed by atoms with van der Waals surface area (Å²) in [5.41, 5.74) is 7.14. The highest BCUT2D eigenvalue weighted by molar-refractivity contribution is 5.82. The lowest BCUT2D eigenvalue weighted by atomic mass is 10.1. The lowest BCUT2D eigenvalue weighted by Crippen LogP contribution is -1.81. The van der Waals surface area contributed by atoms with Crippen LogP contribution in [0.4, 0.5) is 6.01 Å². The summed E-state index contributed by atoms with van der Waals surface area (Å²) in [6, 6.07) is 9.66. The first-order chi connectivity index (χ1) is 7.83. The van der Waals surface area contributed by atoms with E-state index in [1.807, 2.05) is 30.3 Å². The van der Waals surface area contributed by atoms with E-state index in [0.717, 1.165) is 16.5 Å². The second-order valence-electron chi connectivity index (χ2n) is 3.36. The number of nitrogens with two attached hydrogens (primary N) is 1. The predicted octanol–water partition coefficient (Wildman–Crippen LogP) is 1.87. The number of nitrogens with zero attached hydrogens (tertiary/aromatic N) is 3. The fourth-order valence-corrected chi connectivity index (χ4v) is 1.56. The largest absolute Gasteiger partial charge is 0.404 e. The van der Waals surface area contributed by atoms with Crippen LogP contribution in [0.3, 0.4) is 0 Å². The van der Waals surface area contributed by atoms with Crippen molar-refractivity contribution in [3.8, 4) is 11.5 Å². The van der Waals surface area contributed by atoms with Crippen molar-refractivity contribution in [3.63, 3.8) is 0 Å². The SMILES string of the molecule is Nc1nnc(-c2ccc3ncccc3c2)o1. The molecule has 0 radical (unpaired) electrons. The van der Waals surface area contributed by atoms with Gasteiger partial charge in [-0.3, -0.25) is 4.98 Å². The van der Waals surface area contributed by atoms with Gasteiger partial charge in [-0.1, -0.05) is 11.2 Å². The zero-order valence-corrected chi connectivity index (χ0v) is 8.29. The number of hydrogen-bond acceptors (Lipinski definition) is 5. The molecule has 78 valence electrons. The number of hydrogen-bond donors (Lipinski definition) is 1. The standard InChI is InChI=1S/C11H8N4O/c12-11-15-14-10(16-11)8-3-4-9-7(6-8)2-1-5-13-9/h1-6H,(H2,12,15). The number of fused-ring (bicyclic) bond motifs is 1. The van der Waals surface area contributed by atoms with Crippen molar-refractivity contribution >= 4 is 16.9 Å². The molecule has 2 aromatic heterocycles. The van der Waals surface area contributed by atoms with Crippen LogP contribution in [0.2, 0.25) is 0 Å². The third-order valence-electron chi connectivity index (χ3n) is 2.29. The van der Waals surface area contributed by atoms with Crippen LogP contribution in [-0.4, -0.2) is 15.2 Å². The van der Waals surface area contributed by atoms with Crippen LogP contribution in [0, 0.1) is 0 Å². The normalized spacial score (nSPS) is 10.8. The zero-order chi connectivity index (χ0) is 11.0. The molecule has 3 rings (SSSR count). The van der Waals surface area contributed by atoms with Gasteiger partial charge in [-0.15, -0.1) is 5.10 Å². The van der Waals surface area contributed by atoms with Crippen molar-refractivity contribution in [2.75, 3.05) is 5.73 Å². The number of aromatic nitrogens is 3. The minimum absolute atomic E-state index is 0.0706. The van der Waals surface area contributed by atoms with E-state index in [1.54, 1.807) is 6.20 Å². The fourth-order valence-electron chi connectivity index (χ4n) is 1.56. The third kappa shape index (κ3) is 1.38. The average Bonchev–Trinajstić information content (AvgIpc) is 2.75. The summed E-state index contributed by atoms with van der Waals surface area (Å²) in [5.74, 6) is 0.420. The molecule has 0 aliphatic rings. The molecule has 16 heavy (non-hydrogen) atoms. The van der Waals surface area contributed by atoms with Gasteiger partial charge in [0.15, 0.2) is 0 Å². The Hall–Kier alpha value is -2.43. The topological polar surface area (TPSA) is 77.8 Å². The second kappa shape index (κ2) is 3.30. The van der Waals surface area contributed by atoms with Crippen molar-refractivity contribution in [1.82, 2.24) is 15.2 Å². The van der Waals surface area contributed by atoms with E-state index < -0.39 is 0 Å². The number of pyridine rings is 1. The minimum atomic E-state index is 0.0706. The molecule has 1 aromatic carbocycles. The number of benzene rings is 1. The highest BCUT2D eigenvalue weighted by Crippen LogP contribution is 2.22. The van der Waals surface area contributed by atoms with Gasteiger partial charge < -0.3 is 10.2 Å². The highest BCUT2D eigenvalue weighted by atomic mass is 16.4. The lowest BCUT2D eigenvalue weighted by Gasteiger charge is -1.98. The van der Waals surface area contributed by atoms with Gasteiger partial charge in [0.05, 0.1) is 5.52 Å². The molecular weight excluding hydrogens is 204 g/mol. The Morgan fingerprint density at radius 2 is 2.06 bits per heavy atom. The molecule has 0 aliphatic carbocycles. The molecule has 0 fully saturated rings. The van der Waals surface area contributed by atoms with Crippen LogP contribution < -0.4 is 5.73 Å². The molecule has 5 heteroatoms. The first kappa shape index (κ1) is 8.84. The Morgan fingerprint density at radius 3 is 2.88 bits per heavy atom. The number of anilines is 1. The minimum Gasteiger partial charge on any atom is -0.404 e. The quantitative estimate of drug-likeness (QED) is 0.666. The van der Waals surface area contributed by atoms with Gasteiger partial charge in [-0.2, -0.15) is 0 Å². The van der Waals surface area contributed by atoms with Crippen LogP contribution in [0.5, 0.6) is 0 Å². The number of rotatable bonds is 1. The van der Waals surface area contributed by atoms with E-state index in [2.05, 4.69) is 15.2 Å². The summed E-state index contributed by atoms with van der Waals surface area (Å²) in [5, 5.41) is 8.47. The molecular formula is C11H8N4O. The van der Waals surface area contributed by atoms with Crippen molar-refractivity contribution in [2.45, 2.75) is 0 Å². The van der Waals surface area contributed by atoms with Gasteiger partial charge >= 0.3 is 6.01 Å². The Labute approximate surface area is 90.9 Å². The van der Waals surface area contributed by atoms with Crippen LogP contribution in [0.1, 0.15) is 0 Å². The molecule has 0 bridgehead atoms. The van der Waals surface area contributed by atoms with E-state index in [1.165, 1.54) is 0 Å². The molecule has 0 unspecified atom stereocenters.